The zero-order valence-electron chi connectivity index (χ0n) is 10.1. The number of benzene rings is 1. The number of thiophene rings is 1. The second-order valence-electron chi connectivity index (χ2n) is 3.90. The number of rotatable bonds is 5. The van der Waals surface area contributed by atoms with Crippen LogP contribution >= 0.6 is 27.3 Å². The fourth-order valence-corrected chi connectivity index (χ4v) is 3.39. The van der Waals surface area contributed by atoms with Gasteiger partial charge in [0.05, 0.1) is 6.04 Å². The van der Waals surface area contributed by atoms with Gasteiger partial charge in [-0.3, -0.25) is 0 Å². The summed E-state index contributed by atoms with van der Waals surface area (Å²) in [5, 5.41) is 5.31. The van der Waals surface area contributed by atoms with Gasteiger partial charge in [-0.15, -0.1) is 11.3 Å². The van der Waals surface area contributed by atoms with Crippen LogP contribution in [-0.4, -0.2) is 6.61 Å². The maximum absolute atomic E-state index is 12.0. The summed E-state index contributed by atoms with van der Waals surface area (Å²) >= 11 is 5.14. The van der Waals surface area contributed by atoms with Crippen LogP contribution in [0.4, 0.5) is 14.5 Å². The van der Waals surface area contributed by atoms with Gasteiger partial charge in [-0.05, 0) is 58.6 Å². The molecule has 0 spiro atoms. The number of hydrogen-bond acceptors (Lipinski definition) is 3. The monoisotopic (exact) mass is 347 g/mol. The molecule has 2 aromatic rings. The van der Waals surface area contributed by atoms with Crippen molar-refractivity contribution in [1.82, 2.24) is 0 Å². The quantitative estimate of drug-likeness (QED) is 0.793. The third-order valence-corrected chi connectivity index (χ3v) is 4.55. The van der Waals surface area contributed by atoms with Crippen molar-refractivity contribution in [2.75, 3.05) is 5.32 Å². The van der Waals surface area contributed by atoms with Crippen LogP contribution in [-0.2, 0) is 0 Å². The van der Waals surface area contributed by atoms with E-state index in [4.69, 9.17) is 0 Å². The van der Waals surface area contributed by atoms with E-state index in [0.717, 1.165) is 10.2 Å². The highest BCUT2D eigenvalue weighted by Gasteiger charge is 2.11. The zero-order valence-corrected chi connectivity index (χ0v) is 12.5. The molecule has 2 rings (SSSR count). The van der Waals surface area contributed by atoms with Gasteiger partial charge < -0.3 is 10.1 Å². The van der Waals surface area contributed by atoms with Gasteiger partial charge >= 0.3 is 6.61 Å². The van der Waals surface area contributed by atoms with E-state index in [2.05, 4.69) is 26.0 Å². The van der Waals surface area contributed by atoms with Crippen LogP contribution in [0.3, 0.4) is 0 Å². The SMILES string of the molecule is CC(Nc1ccc(OC(F)F)cc1)c1sccc1Br. The Kier molecular flexibility index (Phi) is 4.76. The molecule has 6 heteroatoms. The molecule has 0 fully saturated rings. The van der Waals surface area contributed by atoms with E-state index < -0.39 is 6.61 Å². The normalized spacial score (nSPS) is 12.5. The Morgan fingerprint density at radius 1 is 1.21 bits per heavy atom. The molecule has 1 aromatic carbocycles. The van der Waals surface area contributed by atoms with Crippen LogP contribution in [0, 0.1) is 0 Å². The zero-order chi connectivity index (χ0) is 13.8. The van der Waals surface area contributed by atoms with Crippen molar-refractivity contribution in [2.24, 2.45) is 0 Å². The number of alkyl halides is 2. The summed E-state index contributed by atoms with van der Waals surface area (Å²) < 4.78 is 29.4. The van der Waals surface area contributed by atoms with Crippen LogP contribution in [0.15, 0.2) is 40.2 Å². The summed E-state index contributed by atoms with van der Waals surface area (Å²) in [4.78, 5) is 1.19. The molecule has 0 radical (unpaired) electrons. The third kappa shape index (κ3) is 3.91. The molecule has 0 bridgehead atoms. The molecule has 1 heterocycles. The molecule has 0 aliphatic carbocycles. The van der Waals surface area contributed by atoms with Crippen LogP contribution in [0.2, 0.25) is 0 Å². The fraction of sp³-hybridized carbons (Fsp3) is 0.231. The van der Waals surface area contributed by atoms with Gasteiger partial charge in [0, 0.05) is 15.0 Å². The standard InChI is InChI=1S/C13H12BrF2NOS/c1-8(12-11(14)6-7-19-12)17-9-2-4-10(5-3-9)18-13(15)16/h2-8,13,17H,1H3. The van der Waals surface area contributed by atoms with Crippen LogP contribution in [0.1, 0.15) is 17.8 Å². The Bertz CT molecular complexity index is 530. The lowest BCUT2D eigenvalue weighted by Gasteiger charge is -2.15. The van der Waals surface area contributed by atoms with Crippen molar-refractivity contribution >= 4 is 33.0 Å². The molecule has 0 amide bonds. The van der Waals surface area contributed by atoms with Crippen molar-refractivity contribution in [1.29, 1.82) is 0 Å². The highest BCUT2D eigenvalue weighted by Crippen LogP contribution is 2.31. The Balaban J connectivity index is 2.01. The highest BCUT2D eigenvalue weighted by molar-refractivity contribution is 9.10. The molecule has 2 nitrogen and oxygen atoms in total. The predicted octanol–water partition coefficient (Wildman–Crippen LogP) is 5.29. The molecule has 0 aliphatic rings. The Morgan fingerprint density at radius 2 is 1.89 bits per heavy atom. The van der Waals surface area contributed by atoms with Crippen molar-refractivity contribution in [3.8, 4) is 5.75 Å². The first-order valence-electron chi connectivity index (χ1n) is 5.60. The van der Waals surface area contributed by atoms with Gasteiger partial charge in [0.25, 0.3) is 0 Å². The van der Waals surface area contributed by atoms with Crippen molar-refractivity contribution in [3.05, 3.63) is 45.1 Å². The van der Waals surface area contributed by atoms with Crippen molar-refractivity contribution in [2.45, 2.75) is 19.6 Å². The second-order valence-corrected chi connectivity index (χ2v) is 5.70. The first-order chi connectivity index (χ1) is 9.06. The predicted molar refractivity (Wildman–Crippen MR) is 77.1 cm³/mol. The maximum Gasteiger partial charge on any atom is 0.387 e. The third-order valence-electron chi connectivity index (χ3n) is 2.50. The number of anilines is 1. The number of hydrogen-bond donors (Lipinski definition) is 1. The molecule has 1 atom stereocenters. The topological polar surface area (TPSA) is 21.3 Å². The number of halogens is 3. The van der Waals surface area contributed by atoms with Gasteiger partial charge in [-0.2, -0.15) is 8.78 Å². The molecule has 102 valence electrons. The van der Waals surface area contributed by atoms with Gasteiger partial charge in [-0.25, -0.2) is 0 Å². The van der Waals surface area contributed by atoms with Crippen LogP contribution in [0.5, 0.6) is 5.75 Å². The first kappa shape index (κ1) is 14.3. The molecule has 1 N–H and O–H groups in total. The molecular weight excluding hydrogens is 336 g/mol. The van der Waals surface area contributed by atoms with E-state index in [9.17, 15) is 8.78 Å². The van der Waals surface area contributed by atoms with Gasteiger partial charge in [-0.1, -0.05) is 0 Å². The molecular formula is C13H12BrF2NOS. The lowest BCUT2D eigenvalue weighted by atomic mass is 10.2. The van der Waals surface area contributed by atoms with E-state index >= 15 is 0 Å². The minimum atomic E-state index is -2.79. The Labute approximate surface area is 122 Å². The smallest absolute Gasteiger partial charge is 0.387 e. The largest absolute Gasteiger partial charge is 0.435 e. The van der Waals surface area contributed by atoms with Crippen LogP contribution < -0.4 is 10.1 Å². The second kappa shape index (κ2) is 6.34. The van der Waals surface area contributed by atoms with Crippen LogP contribution in [0.25, 0.3) is 0 Å². The average Bonchev–Trinajstić information content (AvgIpc) is 2.77. The van der Waals surface area contributed by atoms with E-state index in [0.29, 0.717) is 0 Å². The molecule has 0 aliphatic heterocycles. The van der Waals surface area contributed by atoms with Crippen molar-refractivity contribution in [3.63, 3.8) is 0 Å². The summed E-state index contributed by atoms with van der Waals surface area (Å²) in [5.41, 5.74) is 0.856. The minimum absolute atomic E-state index is 0.135. The summed E-state index contributed by atoms with van der Waals surface area (Å²) in [6.45, 7) is -0.750. The Hall–Kier alpha value is -1.14. The fourth-order valence-electron chi connectivity index (χ4n) is 1.66. The van der Waals surface area contributed by atoms with Gasteiger partial charge in [0.15, 0.2) is 0 Å². The number of nitrogens with one attached hydrogen (secondary N) is 1. The van der Waals surface area contributed by atoms with Gasteiger partial charge in [0.1, 0.15) is 5.75 Å². The first-order valence-corrected chi connectivity index (χ1v) is 7.28. The average molecular weight is 348 g/mol. The Morgan fingerprint density at radius 3 is 2.42 bits per heavy atom. The molecule has 0 saturated heterocycles. The van der Waals surface area contributed by atoms with Crippen molar-refractivity contribution < 1.29 is 13.5 Å². The molecule has 19 heavy (non-hydrogen) atoms. The number of ether oxygens (including phenoxy) is 1. The molecule has 1 aromatic heterocycles. The van der Waals surface area contributed by atoms with E-state index in [1.54, 1.807) is 23.5 Å². The summed E-state index contributed by atoms with van der Waals surface area (Å²) in [5.74, 6) is 0.158. The highest BCUT2D eigenvalue weighted by atomic mass is 79.9. The lowest BCUT2D eigenvalue weighted by Crippen LogP contribution is -2.06. The molecule has 1 unspecified atom stereocenters. The molecule has 0 saturated carbocycles. The van der Waals surface area contributed by atoms with Gasteiger partial charge in [0.2, 0.25) is 0 Å². The summed E-state index contributed by atoms with van der Waals surface area (Å²) in [7, 11) is 0. The lowest BCUT2D eigenvalue weighted by molar-refractivity contribution is -0.0498. The van der Waals surface area contributed by atoms with E-state index in [1.165, 1.54) is 17.0 Å². The summed E-state index contributed by atoms with van der Waals surface area (Å²) in [6, 6.07) is 8.61. The summed E-state index contributed by atoms with van der Waals surface area (Å²) in [6.07, 6.45) is 0. The maximum atomic E-state index is 12.0. The minimum Gasteiger partial charge on any atom is -0.435 e. The van der Waals surface area contributed by atoms with E-state index in [-0.39, 0.29) is 11.8 Å². The van der Waals surface area contributed by atoms with E-state index in [1.807, 2.05) is 18.4 Å².